The number of hydrogen-bond acceptors (Lipinski definition) is 5. The normalized spacial score (nSPS) is 10.1. The largest absolute Gasteiger partial charge is 0.395 e. The molecular formula is C10H14ClN3O3. The molecule has 1 rings (SSSR count). The molecule has 0 aliphatic heterocycles. The lowest BCUT2D eigenvalue weighted by Crippen LogP contribution is -2.27. The second kappa shape index (κ2) is 6.27. The van der Waals surface area contributed by atoms with Gasteiger partial charge in [0.1, 0.15) is 11.4 Å². The Morgan fingerprint density at radius 1 is 1.59 bits per heavy atom. The quantitative estimate of drug-likeness (QED) is 0.464. The first-order valence-corrected chi connectivity index (χ1v) is 5.53. The minimum atomic E-state index is -0.486. The van der Waals surface area contributed by atoms with Gasteiger partial charge in [-0.3, -0.25) is 15.0 Å². The molecule has 0 aliphatic rings. The van der Waals surface area contributed by atoms with Crippen LogP contribution in [0.2, 0.25) is 0 Å². The molecule has 0 aliphatic carbocycles. The van der Waals surface area contributed by atoms with Gasteiger partial charge in [-0.1, -0.05) is 6.07 Å². The van der Waals surface area contributed by atoms with Gasteiger partial charge < -0.3 is 10.0 Å². The summed E-state index contributed by atoms with van der Waals surface area (Å²) in [6.45, 7) is 2.69. The van der Waals surface area contributed by atoms with Crippen LogP contribution < -0.4 is 9.74 Å². The van der Waals surface area contributed by atoms with E-state index in [9.17, 15) is 10.1 Å². The second-order valence-corrected chi connectivity index (χ2v) is 3.52. The molecule has 0 saturated carbocycles. The maximum Gasteiger partial charge on any atom is 0.316 e. The van der Waals surface area contributed by atoms with Crippen LogP contribution >= 0.6 is 11.8 Å². The van der Waals surface area contributed by atoms with E-state index in [1.54, 1.807) is 17.0 Å². The summed E-state index contributed by atoms with van der Waals surface area (Å²) in [5.41, 5.74) is 0.598. The van der Waals surface area contributed by atoms with Crippen LogP contribution in [0.1, 0.15) is 6.92 Å². The van der Waals surface area contributed by atoms with E-state index in [-0.39, 0.29) is 18.0 Å². The maximum atomic E-state index is 11.0. The molecule has 2 N–H and O–H groups in total. The van der Waals surface area contributed by atoms with Gasteiger partial charge in [0.2, 0.25) is 0 Å². The van der Waals surface area contributed by atoms with Crippen LogP contribution in [0, 0.1) is 10.1 Å². The van der Waals surface area contributed by atoms with Crippen LogP contribution in [0.25, 0.3) is 0 Å². The Morgan fingerprint density at radius 2 is 2.29 bits per heavy atom. The smallest absolute Gasteiger partial charge is 0.316 e. The number of para-hydroxylation sites is 1. The van der Waals surface area contributed by atoms with Gasteiger partial charge in [0.25, 0.3) is 0 Å². The van der Waals surface area contributed by atoms with E-state index in [1.807, 2.05) is 6.92 Å². The van der Waals surface area contributed by atoms with Gasteiger partial charge in [-0.2, -0.15) is 0 Å². The molecule has 0 radical (unpaired) electrons. The number of aliphatic hydroxyl groups excluding tert-OH is 1. The molecular weight excluding hydrogens is 246 g/mol. The van der Waals surface area contributed by atoms with E-state index in [4.69, 9.17) is 16.9 Å². The highest BCUT2D eigenvalue weighted by Gasteiger charge is 2.22. The highest BCUT2D eigenvalue weighted by molar-refractivity contribution is 6.24. The molecule has 0 fully saturated rings. The average molecular weight is 260 g/mol. The number of benzene rings is 1. The third-order valence-electron chi connectivity index (χ3n) is 2.39. The third-order valence-corrected chi connectivity index (χ3v) is 2.60. The first kappa shape index (κ1) is 13.5. The summed E-state index contributed by atoms with van der Waals surface area (Å²) in [6.07, 6.45) is 0. The fourth-order valence-electron chi connectivity index (χ4n) is 1.62. The standard InChI is InChI=1S/C10H14ClN3O3/c1-2-13(6-7-15)9-5-3-4-8(12-11)10(9)14(16)17/h3-5,12,15H,2,6-7H2,1H3. The number of hydrogen-bond donors (Lipinski definition) is 2. The van der Waals surface area contributed by atoms with Crippen molar-refractivity contribution in [1.29, 1.82) is 0 Å². The fourth-order valence-corrected chi connectivity index (χ4v) is 1.78. The Labute approximate surface area is 104 Å². The predicted molar refractivity (Wildman–Crippen MR) is 67.5 cm³/mol. The molecule has 0 bridgehead atoms. The van der Waals surface area contributed by atoms with E-state index in [0.717, 1.165) is 0 Å². The Morgan fingerprint density at radius 3 is 2.76 bits per heavy atom. The highest BCUT2D eigenvalue weighted by atomic mass is 35.5. The summed E-state index contributed by atoms with van der Waals surface area (Å²) in [5.74, 6) is 0. The summed E-state index contributed by atoms with van der Waals surface area (Å²) in [6, 6.07) is 4.84. The van der Waals surface area contributed by atoms with Gasteiger partial charge in [0.05, 0.1) is 11.5 Å². The van der Waals surface area contributed by atoms with Gasteiger partial charge in [-0.05, 0) is 19.1 Å². The fraction of sp³-hybridized carbons (Fsp3) is 0.400. The topological polar surface area (TPSA) is 78.6 Å². The number of aliphatic hydroxyl groups is 1. The van der Waals surface area contributed by atoms with Crippen molar-refractivity contribution in [1.82, 2.24) is 0 Å². The number of nitrogens with zero attached hydrogens (tertiary/aromatic N) is 2. The number of rotatable bonds is 6. The van der Waals surface area contributed by atoms with Gasteiger partial charge in [0.15, 0.2) is 0 Å². The number of halogens is 1. The van der Waals surface area contributed by atoms with E-state index < -0.39 is 4.92 Å². The predicted octanol–water partition coefficient (Wildman–Crippen LogP) is 1.98. The van der Waals surface area contributed by atoms with Crippen molar-refractivity contribution in [2.45, 2.75) is 6.92 Å². The summed E-state index contributed by atoms with van der Waals surface area (Å²) >= 11 is 5.45. The monoisotopic (exact) mass is 259 g/mol. The van der Waals surface area contributed by atoms with Crippen molar-refractivity contribution in [3.8, 4) is 0 Å². The molecule has 0 atom stereocenters. The Balaban J connectivity index is 3.25. The van der Waals surface area contributed by atoms with Crippen molar-refractivity contribution in [2.75, 3.05) is 29.4 Å². The van der Waals surface area contributed by atoms with E-state index in [1.165, 1.54) is 6.07 Å². The Kier molecular flexibility index (Phi) is 4.99. The Bertz CT molecular complexity index is 400. The van der Waals surface area contributed by atoms with Crippen molar-refractivity contribution in [2.24, 2.45) is 0 Å². The highest BCUT2D eigenvalue weighted by Crippen LogP contribution is 2.35. The summed E-state index contributed by atoms with van der Waals surface area (Å²) in [4.78, 5) is 14.6. The minimum absolute atomic E-state index is 0.0659. The average Bonchev–Trinajstić information content (AvgIpc) is 2.34. The lowest BCUT2D eigenvalue weighted by atomic mass is 10.2. The van der Waals surface area contributed by atoms with E-state index in [2.05, 4.69) is 4.84 Å². The van der Waals surface area contributed by atoms with Gasteiger partial charge >= 0.3 is 5.69 Å². The number of anilines is 2. The van der Waals surface area contributed by atoms with Crippen LogP contribution in [-0.4, -0.2) is 29.7 Å². The first-order valence-electron chi connectivity index (χ1n) is 5.15. The zero-order chi connectivity index (χ0) is 12.8. The number of nitrogens with one attached hydrogen (secondary N) is 1. The molecule has 94 valence electrons. The van der Waals surface area contributed by atoms with Crippen molar-refractivity contribution >= 4 is 28.8 Å². The van der Waals surface area contributed by atoms with Crippen LogP contribution in [0.3, 0.4) is 0 Å². The number of likely N-dealkylation sites (N-methyl/N-ethyl adjacent to an activating group) is 1. The van der Waals surface area contributed by atoms with Gasteiger partial charge in [-0.25, -0.2) is 0 Å². The molecule has 0 unspecified atom stereocenters. The molecule has 1 aromatic rings. The molecule has 6 nitrogen and oxygen atoms in total. The molecule has 0 aromatic heterocycles. The number of nitro groups is 1. The van der Waals surface area contributed by atoms with E-state index in [0.29, 0.717) is 18.8 Å². The van der Waals surface area contributed by atoms with Gasteiger partial charge in [-0.15, -0.1) is 0 Å². The molecule has 0 heterocycles. The maximum absolute atomic E-state index is 11.0. The van der Waals surface area contributed by atoms with Crippen LogP contribution in [-0.2, 0) is 0 Å². The van der Waals surface area contributed by atoms with Crippen molar-refractivity contribution in [3.63, 3.8) is 0 Å². The number of nitro benzene ring substituents is 1. The molecule has 7 heteroatoms. The van der Waals surface area contributed by atoms with Crippen molar-refractivity contribution < 1.29 is 10.0 Å². The minimum Gasteiger partial charge on any atom is -0.395 e. The molecule has 0 saturated heterocycles. The zero-order valence-corrected chi connectivity index (χ0v) is 10.1. The summed E-state index contributed by atoms with van der Waals surface area (Å²) in [5, 5.41) is 20.0. The van der Waals surface area contributed by atoms with E-state index >= 15 is 0 Å². The lowest BCUT2D eigenvalue weighted by Gasteiger charge is -2.22. The second-order valence-electron chi connectivity index (χ2n) is 3.33. The Hall–Kier alpha value is -1.53. The molecule has 1 aromatic carbocycles. The molecule has 0 spiro atoms. The summed E-state index contributed by atoms with van der Waals surface area (Å²) < 4.78 is 0. The third kappa shape index (κ3) is 2.98. The molecule has 0 amide bonds. The molecule has 17 heavy (non-hydrogen) atoms. The van der Waals surface area contributed by atoms with Crippen LogP contribution in [0.4, 0.5) is 17.1 Å². The van der Waals surface area contributed by atoms with Crippen LogP contribution in [0.15, 0.2) is 18.2 Å². The van der Waals surface area contributed by atoms with Crippen LogP contribution in [0.5, 0.6) is 0 Å². The zero-order valence-electron chi connectivity index (χ0n) is 9.39. The SMILES string of the molecule is CCN(CCO)c1cccc(NCl)c1[N+](=O)[O-]. The van der Waals surface area contributed by atoms with Gasteiger partial charge in [0, 0.05) is 24.9 Å². The van der Waals surface area contributed by atoms with Crippen molar-refractivity contribution in [3.05, 3.63) is 28.3 Å². The summed E-state index contributed by atoms with van der Waals surface area (Å²) in [7, 11) is 0. The lowest BCUT2D eigenvalue weighted by molar-refractivity contribution is -0.383. The first-order chi connectivity index (χ1) is 8.15.